The molecule has 0 heterocycles. The highest BCUT2D eigenvalue weighted by molar-refractivity contribution is 7.92. The number of nitrogens with zero attached hydrogens (tertiary/aromatic N) is 1. The first-order chi connectivity index (χ1) is 12.2. The van der Waals surface area contributed by atoms with Crippen molar-refractivity contribution in [2.45, 2.75) is 13.0 Å². The van der Waals surface area contributed by atoms with Crippen LogP contribution in [-0.4, -0.2) is 40.8 Å². The zero-order valence-corrected chi connectivity index (χ0v) is 15.9. The fraction of sp³-hybridized carbons (Fsp3) is 0.278. The Morgan fingerprint density at radius 1 is 1.12 bits per heavy atom. The standard InChI is InChI=1S/C18H22N2O5S/c1-13(25-17-10-6-9-16(12-17)24-3)18(21)19-14-7-5-8-15(11-14)20(2)26(4,22)23/h5-13H,1-4H3,(H,19,21). The SMILES string of the molecule is COc1cccc(OC(C)C(=O)Nc2cccc(N(C)S(C)(=O)=O)c2)c1. The molecule has 1 N–H and O–H groups in total. The highest BCUT2D eigenvalue weighted by Crippen LogP contribution is 2.22. The lowest BCUT2D eigenvalue weighted by molar-refractivity contribution is -0.122. The van der Waals surface area contributed by atoms with Crippen LogP contribution < -0.4 is 19.1 Å². The van der Waals surface area contributed by atoms with Gasteiger partial charge in [0.15, 0.2) is 6.10 Å². The first kappa shape index (κ1) is 19.6. The van der Waals surface area contributed by atoms with Gasteiger partial charge in [-0.1, -0.05) is 12.1 Å². The highest BCUT2D eigenvalue weighted by atomic mass is 32.2. The van der Waals surface area contributed by atoms with E-state index in [1.165, 1.54) is 7.05 Å². The van der Waals surface area contributed by atoms with Crippen LogP contribution in [-0.2, 0) is 14.8 Å². The number of sulfonamides is 1. The molecule has 0 aliphatic rings. The van der Waals surface area contributed by atoms with E-state index in [0.29, 0.717) is 22.9 Å². The Balaban J connectivity index is 2.07. The van der Waals surface area contributed by atoms with E-state index in [1.54, 1.807) is 62.6 Å². The Morgan fingerprint density at radius 3 is 2.42 bits per heavy atom. The van der Waals surface area contributed by atoms with Gasteiger partial charge in [0.2, 0.25) is 10.0 Å². The summed E-state index contributed by atoms with van der Waals surface area (Å²) in [5.74, 6) is 0.788. The van der Waals surface area contributed by atoms with Gasteiger partial charge in [0.05, 0.1) is 19.1 Å². The summed E-state index contributed by atoms with van der Waals surface area (Å²) in [7, 11) is -0.380. The second-order valence-corrected chi connectivity index (χ2v) is 7.72. The molecule has 1 amide bonds. The molecule has 0 radical (unpaired) electrons. The minimum atomic E-state index is -3.38. The van der Waals surface area contributed by atoms with Crippen molar-refractivity contribution in [3.63, 3.8) is 0 Å². The number of anilines is 2. The lowest BCUT2D eigenvalue weighted by Crippen LogP contribution is -2.30. The average Bonchev–Trinajstić information content (AvgIpc) is 2.60. The van der Waals surface area contributed by atoms with E-state index in [-0.39, 0.29) is 5.91 Å². The van der Waals surface area contributed by atoms with Gasteiger partial charge in [-0.15, -0.1) is 0 Å². The lowest BCUT2D eigenvalue weighted by atomic mass is 10.2. The first-order valence-electron chi connectivity index (χ1n) is 7.86. The molecule has 0 spiro atoms. The molecule has 0 fully saturated rings. The second kappa shape index (κ2) is 8.09. The molecule has 140 valence electrons. The molecule has 2 aromatic carbocycles. The molecule has 0 bridgehead atoms. The van der Waals surface area contributed by atoms with Crippen LogP contribution in [0.15, 0.2) is 48.5 Å². The van der Waals surface area contributed by atoms with Crippen molar-refractivity contribution >= 4 is 27.3 Å². The number of ether oxygens (including phenoxy) is 2. The molecule has 0 aromatic heterocycles. The van der Waals surface area contributed by atoms with Gasteiger partial charge >= 0.3 is 0 Å². The summed E-state index contributed by atoms with van der Waals surface area (Å²) < 4.78 is 35.2. The quantitative estimate of drug-likeness (QED) is 0.800. The molecule has 0 saturated carbocycles. The molecule has 8 heteroatoms. The lowest BCUT2D eigenvalue weighted by Gasteiger charge is -2.18. The summed E-state index contributed by atoms with van der Waals surface area (Å²) in [4.78, 5) is 12.4. The predicted octanol–water partition coefficient (Wildman–Crippen LogP) is 2.50. The summed E-state index contributed by atoms with van der Waals surface area (Å²) in [5.41, 5.74) is 0.927. The molecule has 7 nitrogen and oxygen atoms in total. The third-order valence-corrected chi connectivity index (χ3v) is 4.90. The maximum absolute atomic E-state index is 12.4. The zero-order chi connectivity index (χ0) is 19.3. The van der Waals surface area contributed by atoms with Crippen LogP contribution >= 0.6 is 0 Å². The molecule has 1 unspecified atom stereocenters. The van der Waals surface area contributed by atoms with E-state index in [1.807, 2.05) is 0 Å². The predicted molar refractivity (Wildman–Crippen MR) is 101 cm³/mol. The first-order valence-corrected chi connectivity index (χ1v) is 9.71. The Kier molecular flexibility index (Phi) is 6.10. The third kappa shape index (κ3) is 5.13. The van der Waals surface area contributed by atoms with Crippen molar-refractivity contribution in [1.29, 1.82) is 0 Å². The van der Waals surface area contributed by atoms with Gasteiger partial charge in [0, 0.05) is 18.8 Å². The number of carbonyl (C=O) groups excluding carboxylic acids is 1. The highest BCUT2D eigenvalue weighted by Gasteiger charge is 2.17. The van der Waals surface area contributed by atoms with Crippen molar-refractivity contribution in [1.82, 2.24) is 0 Å². The van der Waals surface area contributed by atoms with E-state index < -0.39 is 16.1 Å². The molecule has 0 aliphatic heterocycles. The monoisotopic (exact) mass is 378 g/mol. The van der Waals surface area contributed by atoms with Gasteiger partial charge in [-0.25, -0.2) is 8.42 Å². The third-order valence-electron chi connectivity index (χ3n) is 3.70. The number of amides is 1. The average molecular weight is 378 g/mol. The van der Waals surface area contributed by atoms with Crippen molar-refractivity contribution < 1.29 is 22.7 Å². The minimum absolute atomic E-state index is 0.355. The normalized spacial score (nSPS) is 12.2. The summed E-state index contributed by atoms with van der Waals surface area (Å²) in [6, 6.07) is 13.5. The second-order valence-electron chi connectivity index (χ2n) is 5.71. The van der Waals surface area contributed by atoms with E-state index in [0.717, 1.165) is 10.6 Å². The van der Waals surface area contributed by atoms with Crippen LogP contribution in [0.1, 0.15) is 6.92 Å². The number of nitrogens with one attached hydrogen (secondary N) is 1. The number of carbonyl (C=O) groups is 1. The molecule has 2 aromatic rings. The smallest absolute Gasteiger partial charge is 0.265 e. The van der Waals surface area contributed by atoms with E-state index in [4.69, 9.17) is 9.47 Å². The Labute approximate surface area is 153 Å². The minimum Gasteiger partial charge on any atom is -0.497 e. The van der Waals surface area contributed by atoms with Crippen molar-refractivity contribution in [2.24, 2.45) is 0 Å². The van der Waals surface area contributed by atoms with Crippen LogP contribution in [0.5, 0.6) is 11.5 Å². The largest absolute Gasteiger partial charge is 0.497 e. The van der Waals surface area contributed by atoms with Crippen LogP contribution in [0.4, 0.5) is 11.4 Å². The van der Waals surface area contributed by atoms with Gasteiger partial charge < -0.3 is 14.8 Å². The molecular formula is C18H22N2O5S. The van der Waals surface area contributed by atoms with E-state index >= 15 is 0 Å². The molecule has 2 rings (SSSR count). The molecule has 1 atom stereocenters. The van der Waals surface area contributed by atoms with Crippen LogP contribution in [0.25, 0.3) is 0 Å². The number of hydrogen-bond donors (Lipinski definition) is 1. The van der Waals surface area contributed by atoms with Gasteiger partial charge in [0.1, 0.15) is 11.5 Å². The Bertz CT molecular complexity index is 883. The topological polar surface area (TPSA) is 84.9 Å². The fourth-order valence-corrected chi connectivity index (χ4v) is 2.64. The Hall–Kier alpha value is -2.74. The fourth-order valence-electron chi connectivity index (χ4n) is 2.15. The van der Waals surface area contributed by atoms with Crippen molar-refractivity contribution in [3.8, 4) is 11.5 Å². The van der Waals surface area contributed by atoms with E-state index in [2.05, 4.69) is 5.32 Å². The van der Waals surface area contributed by atoms with Crippen LogP contribution in [0.3, 0.4) is 0 Å². The molecular weight excluding hydrogens is 356 g/mol. The van der Waals surface area contributed by atoms with Crippen molar-refractivity contribution in [3.05, 3.63) is 48.5 Å². The summed E-state index contributed by atoms with van der Waals surface area (Å²) in [5, 5.41) is 2.72. The molecule has 0 aliphatic carbocycles. The maximum Gasteiger partial charge on any atom is 0.265 e. The molecule has 26 heavy (non-hydrogen) atoms. The van der Waals surface area contributed by atoms with Gasteiger partial charge in [0.25, 0.3) is 5.91 Å². The summed E-state index contributed by atoms with van der Waals surface area (Å²) in [6.07, 6.45) is 0.362. The van der Waals surface area contributed by atoms with Crippen LogP contribution in [0, 0.1) is 0 Å². The van der Waals surface area contributed by atoms with E-state index in [9.17, 15) is 13.2 Å². The zero-order valence-electron chi connectivity index (χ0n) is 15.1. The summed E-state index contributed by atoms with van der Waals surface area (Å²) >= 11 is 0. The van der Waals surface area contributed by atoms with Crippen molar-refractivity contribution in [2.75, 3.05) is 30.0 Å². The number of hydrogen-bond acceptors (Lipinski definition) is 5. The van der Waals surface area contributed by atoms with Gasteiger partial charge in [-0.3, -0.25) is 9.10 Å². The number of methoxy groups -OCH3 is 1. The molecule has 0 saturated heterocycles. The van der Waals surface area contributed by atoms with Crippen LogP contribution in [0.2, 0.25) is 0 Å². The Morgan fingerprint density at radius 2 is 1.77 bits per heavy atom. The maximum atomic E-state index is 12.4. The van der Waals surface area contributed by atoms with Gasteiger partial charge in [-0.2, -0.15) is 0 Å². The van der Waals surface area contributed by atoms with Gasteiger partial charge in [-0.05, 0) is 37.3 Å². The number of rotatable bonds is 7. The summed E-state index contributed by atoms with van der Waals surface area (Å²) in [6.45, 7) is 1.63. The number of benzene rings is 2.